The number of para-hydroxylation sites is 2. The van der Waals surface area contributed by atoms with Gasteiger partial charge in [0.2, 0.25) is 0 Å². The van der Waals surface area contributed by atoms with Gasteiger partial charge in [-0.2, -0.15) is 0 Å². The standard InChI is InChI=1S/C32H21NO/c1-3-12-22(13-4-1)31-24-16-7-8-17-25(24)32(34-31)27-19-11-21-29-30(27)26-18-9-10-20-28(26)33(29)23-14-5-2-6-15-23/h1-21H. The lowest BCUT2D eigenvalue weighted by Crippen LogP contribution is -1.92. The molecule has 2 heterocycles. The van der Waals surface area contributed by atoms with Crippen molar-refractivity contribution in [3.8, 4) is 28.3 Å². The molecule has 0 N–H and O–H groups in total. The van der Waals surface area contributed by atoms with Crippen LogP contribution in [0.1, 0.15) is 0 Å². The number of benzene rings is 5. The number of aromatic nitrogens is 1. The maximum atomic E-state index is 6.70. The predicted molar refractivity (Wildman–Crippen MR) is 141 cm³/mol. The molecule has 0 fully saturated rings. The number of rotatable bonds is 3. The summed E-state index contributed by atoms with van der Waals surface area (Å²) in [4.78, 5) is 0. The molecule has 0 spiro atoms. The molecule has 0 atom stereocenters. The van der Waals surface area contributed by atoms with Crippen molar-refractivity contribution < 1.29 is 4.42 Å². The molecule has 34 heavy (non-hydrogen) atoms. The van der Waals surface area contributed by atoms with E-state index in [1.165, 1.54) is 21.8 Å². The summed E-state index contributed by atoms with van der Waals surface area (Å²) in [6.45, 7) is 0. The van der Waals surface area contributed by atoms with Gasteiger partial charge in [0, 0.05) is 38.4 Å². The van der Waals surface area contributed by atoms with E-state index in [4.69, 9.17) is 4.42 Å². The van der Waals surface area contributed by atoms with Crippen LogP contribution in [0.3, 0.4) is 0 Å². The maximum absolute atomic E-state index is 6.70. The Labute approximate surface area is 197 Å². The zero-order valence-electron chi connectivity index (χ0n) is 18.5. The highest BCUT2D eigenvalue weighted by Crippen LogP contribution is 2.44. The smallest absolute Gasteiger partial charge is 0.143 e. The molecule has 2 aromatic heterocycles. The highest BCUT2D eigenvalue weighted by Gasteiger charge is 2.21. The summed E-state index contributed by atoms with van der Waals surface area (Å²) in [5.41, 5.74) is 5.72. The summed E-state index contributed by atoms with van der Waals surface area (Å²) in [6.07, 6.45) is 0. The van der Waals surface area contributed by atoms with Crippen LogP contribution < -0.4 is 0 Å². The second-order valence-corrected chi connectivity index (χ2v) is 8.56. The van der Waals surface area contributed by atoms with Gasteiger partial charge in [-0.25, -0.2) is 0 Å². The molecule has 7 rings (SSSR count). The number of nitrogens with zero attached hydrogens (tertiary/aromatic N) is 1. The van der Waals surface area contributed by atoms with Crippen molar-refractivity contribution >= 4 is 32.6 Å². The first-order valence-electron chi connectivity index (χ1n) is 11.5. The molecule has 5 aromatic carbocycles. The largest absolute Gasteiger partial charge is 0.455 e. The minimum atomic E-state index is 0.912. The van der Waals surface area contributed by atoms with Crippen molar-refractivity contribution in [1.82, 2.24) is 4.57 Å². The van der Waals surface area contributed by atoms with E-state index in [0.29, 0.717) is 0 Å². The average molecular weight is 436 g/mol. The Morgan fingerprint density at radius 1 is 0.441 bits per heavy atom. The van der Waals surface area contributed by atoms with Crippen molar-refractivity contribution in [1.29, 1.82) is 0 Å². The topological polar surface area (TPSA) is 18.1 Å². The first-order valence-corrected chi connectivity index (χ1v) is 11.5. The van der Waals surface area contributed by atoms with Crippen LogP contribution in [-0.2, 0) is 0 Å². The molecule has 160 valence electrons. The van der Waals surface area contributed by atoms with Gasteiger partial charge >= 0.3 is 0 Å². The highest BCUT2D eigenvalue weighted by molar-refractivity contribution is 6.18. The second kappa shape index (κ2) is 7.50. The fraction of sp³-hybridized carbons (Fsp3) is 0. The van der Waals surface area contributed by atoms with E-state index in [2.05, 4.69) is 126 Å². The van der Waals surface area contributed by atoms with Crippen molar-refractivity contribution in [2.24, 2.45) is 0 Å². The Morgan fingerprint density at radius 3 is 1.79 bits per heavy atom. The molecule has 0 aliphatic carbocycles. The summed E-state index contributed by atoms with van der Waals surface area (Å²) in [7, 11) is 0. The molecule has 7 aromatic rings. The van der Waals surface area contributed by atoms with Crippen LogP contribution in [-0.4, -0.2) is 4.57 Å². The van der Waals surface area contributed by atoms with Crippen LogP contribution in [0.25, 0.3) is 60.9 Å². The Bertz CT molecular complexity index is 1790. The van der Waals surface area contributed by atoms with Crippen molar-refractivity contribution in [2.75, 3.05) is 0 Å². The van der Waals surface area contributed by atoms with E-state index < -0.39 is 0 Å². The van der Waals surface area contributed by atoms with Crippen LogP contribution in [0.4, 0.5) is 0 Å². The van der Waals surface area contributed by atoms with E-state index >= 15 is 0 Å². The van der Waals surface area contributed by atoms with Gasteiger partial charge in [0.1, 0.15) is 11.5 Å². The lowest BCUT2D eigenvalue weighted by molar-refractivity contribution is 0.602. The summed E-state index contributed by atoms with van der Waals surface area (Å²) < 4.78 is 9.04. The molecule has 0 unspecified atom stereocenters. The fourth-order valence-corrected chi connectivity index (χ4v) is 5.16. The monoisotopic (exact) mass is 435 g/mol. The maximum Gasteiger partial charge on any atom is 0.143 e. The van der Waals surface area contributed by atoms with Crippen LogP contribution >= 0.6 is 0 Å². The minimum absolute atomic E-state index is 0.912. The van der Waals surface area contributed by atoms with E-state index in [9.17, 15) is 0 Å². The minimum Gasteiger partial charge on any atom is -0.455 e. The van der Waals surface area contributed by atoms with Gasteiger partial charge in [0.15, 0.2) is 0 Å². The molecule has 0 saturated heterocycles. The summed E-state index contributed by atoms with van der Waals surface area (Å²) in [5.74, 6) is 1.83. The number of hydrogen-bond acceptors (Lipinski definition) is 1. The molecule has 0 amide bonds. The van der Waals surface area contributed by atoms with Crippen LogP contribution in [0.2, 0.25) is 0 Å². The van der Waals surface area contributed by atoms with Gasteiger partial charge in [-0.3, -0.25) is 0 Å². The molecule has 0 radical (unpaired) electrons. The number of furan rings is 1. The lowest BCUT2D eigenvalue weighted by Gasteiger charge is -2.08. The van der Waals surface area contributed by atoms with Crippen molar-refractivity contribution in [3.63, 3.8) is 0 Å². The predicted octanol–water partition coefficient (Wildman–Crippen LogP) is 8.86. The lowest BCUT2D eigenvalue weighted by atomic mass is 10.0. The van der Waals surface area contributed by atoms with Gasteiger partial charge in [0.25, 0.3) is 0 Å². The quantitative estimate of drug-likeness (QED) is 0.271. The molecule has 0 aliphatic heterocycles. The zero-order chi connectivity index (χ0) is 22.5. The van der Waals surface area contributed by atoms with Gasteiger partial charge in [-0.05, 0) is 24.3 Å². The zero-order valence-corrected chi connectivity index (χ0v) is 18.5. The SMILES string of the molecule is c1ccc(-c2oc(-c3cccc4c3c3ccccc3n4-c3ccccc3)c3ccccc23)cc1. The molecule has 2 heteroatoms. The molecule has 0 bridgehead atoms. The Hall–Kier alpha value is -4.56. The van der Waals surface area contributed by atoms with Crippen molar-refractivity contribution in [2.45, 2.75) is 0 Å². The first-order chi connectivity index (χ1) is 16.9. The summed E-state index contributed by atoms with van der Waals surface area (Å²) in [6, 6.07) is 44.6. The normalized spacial score (nSPS) is 11.5. The number of fused-ring (bicyclic) bond motifs is 4. The summed E-state index contributed by atoms with van der Waals surface area (Å²) >= 11 is 0. The van der Waals surface area contributed by atoms with Gasteiger partial charge in [0.05, 0.1) is 11.0 Å². The third-order valence-corrected chi connectivity index (χ3v) is 6.61. The third kappa shape index (κ3) is 2.76. The summed E-state index contributed by atoms with van der Waals surface area (Å²) in [5, 5.41) is 4.69. The van der Waals surface area contributed by atoms with Crippen molar-refractivity contribution in [3.05, 3.63) is 127 Å². The fourth-order valence-electron chi connectivity index (χ4n) is 5.16. The highest BCUT2D eigenvalue weighted by atomic mass is 16.3. The first kappa shape index (κ1) is 19.0. The Morgan fingerprint density at radius 2 is 1.03 bits per heavy atom. The number of hydrogen-bond donors (Lipinski definition) is 0. The Balaban J connectivity index is 1.60. The molecule has 0 saturated carbocycles. The Kier molecular flexibility index (Phi) is 4.18. The van der Waals surface area contributed by atoms with Crippen LogP contribution in [0.15, 0.2) is 132 Å². The molecule has 0 aliphatic rings. The van der Waals surface area contributed by atoms with Gasteiger partial charge in [-0.1, -0.05) is 103 Å². The van der Waals surface area contributed by atoms with E-state index in [1.54, 1.807) is 0 Å². The van der Waals surface area contributed by atoms with Crippen LogP contribution in [0, 0.1) is 0 Å². The van der Waals surface area contributed by atoms with E-state index in [0.717, 1.165) is 39.1 Å². The van der Waals surface area contributed by atoms with E-state index in [-0.39, 0.29) is 0 Å². The van der Waals surface area contributed by atoms with Crippen LogP contribution in [0.5, 0.6) is 0 Å². The molecular formula is C32H21NO. The second-order valence-electron chi connectivity index (χ2n) is 8.56. The van der Waals surface area contributed by atoms with Gasteiger partial charge in [-0.15, -0.1) is 0 Å². The van der Waals surface area contributed by atoms with E-state index in [1.807, 2.05) is 6.07 Å². The molecule has 2 nitrogen and oxygen atoms in total. The average Bonchev–Trinajstić information content (AvgIpc) is 3.46. The third-order valence-electron chi connectivity index (χ3n) is 6.61. The van der Waals surface area contributed by atoms with Gasteiger partial charge < -0.3 is 8.98 Å². The molecular weight excluding hydrogens is 414 g/mol.